The zero-order valence-corrected chi connectivity index (χ0v) is 25.9. The standard InChI is InChI=1S/C38H35N2S2/c1-3-39-35(41-33-19-17-28-9-5-7-11-31(28)37(33)39)23-25-13-15-27-16-14-26(22-30(27)21-25)24-36-40(4-2)38-32-12-8-6-10-29(32)18-20-34(38)42-36/h5-12,17-24,27H,3-4,13-16H2,1-2H3/q+1. The van der Waals surface area contributed by atoms with Gasteiger partial charge < -0.3 is 4.90 Å². The molecule has 1 atom stereocenters. The van der Waals surface area contributed by atoms with Crippen LogP contribution >= 0.6 is 23.1 Å². The average molecular weight is 584 g/mol. The summed E-state index contributed by atoms with van der Waals surface area (Å²) >= 11 is 3.86. The third-order valence-electron chi connectivity index (χ3n) is 9.22. The van der Waals surface area contributed by atoms with E-state index in [1.54, 1.807) is 0 Å². The van der Waals surface area contributed by atoms with Crippen molar-refractivity contribution in [3.05, 3.63) is 118 Å². The van der Waals surface area contributed by atoms with Crippen molar-refractivity contribution in [3.8, 4) is 0 Å². The SMILES string of the molecule is CCN1/C(=C/C2=CC3=C/C(=C/c4sc5ccc6ccccc6c5[n+]4CC)CCC3CC2)Sc2ccc3ccccc3c21. The van der Waals surface area contributed by atoms with Gasteiger partial charge in [0.05, 0.1) is 16.1 Å². The van der Waals surface area contributed by atoms with Crippen molar-refractivity contribution in [1.82, 2.24) is 0 Å². The topological polar surface area (TPSA) is 7.12 Å². The average Bonchev–Trinajstić information content (AvgIpc) is 3.58. The molecule has 208 valence electrons. The number of nitrogens with zero attached hydrogens (tertiary/aromatic N) is 2. The van der Waals surface area contributed by atoms with Gasteiger partial charge in [-0.1, -0.05) is 89.8 Å². The lowest BCUT2D eigenvalue weighted by Crippen LogP contribution is -2.33. The fourth-order valence-corrected chi connectivity index (χ4v) is 9.58. The molecule has 1 unspecified atom stereocenters. The summed E-state index contributed by atoms with van der Waals surface area (Å²) in [6.45, 7) is 6.51. The molecule has 1 aromatic heterocycles. The van der Waals surface area contributed by atoms with Crippen LogP contribution in [0.5, 0.6) is 0 Å². The van der Waals surface area contributed by atoms with E-state index in [0.29, 0.717) is 5.92 Å². The lowest BCUT2D eigenvalue weighted by Gasteiger charge is -2.28. The molecular formula is C38H35N2S2+. The van der Waals surface area contributed by atoms with Crippen LogP contribution in [-0.2, 0) is 6.54 Å². The molecule has 1 aliphatic heterocycles. The van der Waals surface area contributed by atoms with E-state index in [1.165, 1.54) is 94.8 Å². The number of thiazole rings is 1. The zero-order valence-electron chi connectivity index (χ0n) is 24.3. The Hall–Kier alpha value is -3.60. The Kier molecular flexibility index (Phi) is 6.57. The van der Waals surface area contributed by atoms with Gasteiger partial charge in [-0.3, -0.25) is 0 Å². The molecule has 2 aliphatic carbocycles. The Morgan fingerprint density at radius 3 is 2.43 bits per heavy atom. The lowest BCUT2D eigenvalue weighted by atomic mass is 9.77. The maximum atomic E-state index is 2.52. The maximum Gasteiger partial charge on any atom is 0.263 e. The van der Waals surface area contributed by atoms with Crippen molar-refractivity contribution in [2.45, 2.75) is 51.0 Å². The van der Waals surface area contributed by atoms with Gasteiger partial charge in [-0.05, 0) is 97.2 Å². The van der Waals surface area contributed by atoms with Gasteiger partial charge in [0.15, 0.2) is 0 Å². The number of allylic oxidation sites excluding steroid dienone is 6. The highest BCUT2D eigenvalue weighted by molar-refractivity contribution is 8.03. The number of aryl methyl sites for hydroxylation is 1. The summed E-state index contributed by atoms with van der Waals surface area (Å²) in [4.78, 5) is 3.89. The van der Waals surface area contributed by atoms with Gasteiger partial charge in [0.25, 0.3) is 5.01 Å². The second-order valence-electron chi connectivity index (χ2n) is 11.6. The molecular weight excluding hydrogens is 549 g/mol. The normalized spacial score (nSPS) is 20.4. The van der Waals surface area contributed by atoms with Crippen LogP contribution in [0, 0.1) is 5.92 Å². The van der Waals surface area contributed by atoms with E-state index in [2.05, 4.69) is 120 Å². The van der Waals surface area contributed by atoms with Crippen LogP contribution in [0.3, 0.4) is 0 Å². The molecule has 2 nitrogen and oxygen atoms in total. The smallest absolute Gasteiger partial charge is 0.263 e. The molecule has 0 N–H and O–H groups in total. The molecule has 3 aliphatic rings. The summed E-state index contributed by atoms with van der Waals surface area (Å²) in [6.07, 6.45) is 14.8. The predicted octanol–water partition coefficient (Wildman–Crippen LogP) is 10.4. The molecule has 0 saturated carbocycles. The molecule has 0 amide bonds. The van der Waals surface area contributed by atoms with Crippen LogP contribution in [0.2, 0.25) is 0 Å². The quantitative estimate of drug-likeness (QED) is 0.194. The molecule has 0 bridgehead atoms. The molecule has 4 aromatic carbocycles. The van der Waals surface area contributed by atoms with Crippen LogP contribution < -0.4 is 9.47 Å². The summed E-state index contributed by atoms with van der Waals surface area (Å²) in [5, 5.41) is 8.07. The largest absolute Gasteiger partial charge is 0.335 e. The van der Waals surface area contributed by atoms with Crippen molar-refractivity contribution in [3.63, 3.8) is 0 Å². The minimum atomic E-state index is 0.689. The predicted molar refractivity (Wildman–Crippen MR) is 182 cm³/mol. The first kappa shape index (κ1) is 26.1. The molecule has 0 saturated heterocycles. The zero-order chi connectivity index (χ0) is 28.2. The van der Waals surface area contributed by atoms with Crippen molar-refractivity contribution < 1.29 is 4.57 Å². The highest BCUT2D eigenvalue weighted by Crippen LogP contribution is 2.50. The number of hydrogen-bond acceptors (Lipinski definition) is 3. The van der Waals surface area contributed by atoms with Gasteiger partial charge in [0.1, 0.15) is 11.2 Å². The van der Waals surface area contributed by atoms with Crippen molar-refractivity contribution in [2.24, 2.45) is 5.92 Å². The summed E-state index contributed by atoms with van der Waals surface area (Å²) in [5.41, 5.74) is 7.21. The van der Waals surface area contributed by atoms with E-state index in [-0.39, 0.29) is 0 Å². The van der Waals surface area contributed by atoms with Crippen molar-refractivity contribution >= 4 is 66.6 Å². The fraction of sp³-hybridized carbons (Fsp3) is 0.237. The van der Waals surface area contributed by atoms with Gasteiger partial charge in [-0.2, -0.15) is 4.57 Å². The third kappa shape index (κ3) is 4.35. The molecule has 0 spiro atoms. The van der Waals surface area contributed by atoms with Crippen LogP contribution in [0.1, 0.15) is 44.5 Å². The second-order valence-corrected chi connectivity index (χ2v) is 13.8. The van der Waals surface area contributed by atoms with E-state index in [9.17, 15) is 0 Å². The fourth-order valence-electron chi connectivity index (χ4n) is 7.14. The minimum absolute atomic E-state index is 0.689. The van der Waals surface area contributed by atoms with E-state index < -0.39 is 0 Å². The third-order valence-corrected chi connectivity index (χ3v) is 11.4. The first-order valence-corrected chi connectivity index (χ1v) is 17.0. The summed E-state index contributed by atoms with van der Waals surface area (Å²) < 4.78 is 3.89. The Balaban J connectivity index is 1.14. The molecule has 2 heterocycles. The number of hydrogen-bond donors (Lipinski definition) is 0. The van der Waals surface area contributed by atoms with E-state index >= 15 is 0 Å². The Bertz CT molecular complexity index is 2000. The van der Waals surface area contributed by atoms with Gasteiger partial charge in [-0.25, -0.2) is 0 Å². The van der Waals surface area contributed by atoms with Crippen LogP contribution in [0.4, 0.5) is 5.69 Å². The molecule has 4 heteroatoms. The molecule has 0 radical (unpaired) electrons. The van der Waals surface area contributed by atoms with Crippen molar-refractivity contribution in [2.75, 3.05) is 11.4 Å². The lowest BCUT2D eigenvalue weighted by molar-refractivity contribution is -0.664. The first-order chi connectivity index (χ1) is 20.7. The second kappa shape index (κ2) is 10.6. The Labute approximate surface area is 256 Å². The van der Waals surface area contributed by atoms with E-state index in [1.807, 2.05) is 23.1 Å². The molecule has 8 rings (SSSR count). The summed E-state index contributed by atoms with van der Waals surface area (Å²) in [5.74, 6) is 0.689. The first-order valence-electron chi connectivity index (χ1n) is 15.4. The summed E-state index contributed by atoms with van der Waals surface area (Å²) in [6, 6.07) is 26.7. The van der Waals surface area contributed by atoms with Crippen LogP contribution in [0.25, 0.3) is 37.8 Å². The highest BCUT2D eigenvalue weighted by atomic mass is 32.2. The molecule has 0 fully saturated rings. The van der Waals surface area contributed by atoms with Gasteiger partial charge in [0, 0.05) is 22.9 Å². The van der Waals surface area contributed by atoms with Crippen molar-refractivity contribution in [1.29, 1.82) is 0 Å². The number of anilines is 1. The van der Waals surface area contributed by atoms with Gasteiger partial charge >= 0.3 is 0 Å². The minimum Gasteiger partial charge on any atom is -0.335 e. The number of thioether (sulfide) groups is 1. The highest BCUT2D eigenvalue weighted by Gasteiger charge is 2.28. The van der Waals surface area contributed by atoms with Gasteiger partial charge in [-0.15, -0.1) is 0 Å². The van der Waals surface area contributed by atoms with E-state index in [0.717, 1.165) is 13.1 Å². The number of rotatable bonds is 4. The Morgan fingerprint density at radius 1 is 0.833 bits per heavy atom. The summed E-state index contributed by atoms with van der Waals surface area (Å²) in [7, 11) is 0. The molecule has 42 heavy (non-hydrogen) atoms. The Morgan fingerprint density at radius 2 is 1.60 bits per heavy atom. The van der Waals surface area contributed by atoms with Crippen LogP contribution in [0.15, 0.2) is 118 Å². The monoisotopic (exact) mass is 583 g/mol. The number of fused-ring (bicyclic) bond motifs is 7. The molecule has 5 aromatic rings. The number of aromatic nitrogens is 1. The van der Waals surface area contributed by atoms with E-state index in [4.69, 9.17) is 0 Å². The maximum absolute atomic E-state index is 2.52. The van der Waals surface area contributed by atoms with Crippen LogP contribution in [-0.4, -0.2) is 6.54 Å². The number of benzene rings is 4. The van der Waals surface area contributed by atoms with Gasteiger partial charge in [0.2, 0.25) is 5.52 Å².